The van der Waals surface area contributed by atoms with Gasteiger partial charge in [-0.05, 0) is 30.5 Å². The van der Waals surface area contributed by atoms with Crippen molar-refractivity contribution in [2.75, 3.05) is 20.2 Å². The molecule has 2 N–H and O–H groups in total. The van der Waals surface area contributed by atoms with Gasteiger partial charge in [-0.3, -0.25) is 4.79 Å². The standard InChI is InChI=1S/C15H22N2O2/c1-19-11-14-6-3-2-5-12(14)10-17-15(18)13-7-4-8-16-9-13/h2-3,5-6,13,16H,4,7-11H2,1H3,(H,17,18). The van der Waals surface area contributed by atoms with E-state index in [2.05, 4.69) is 10.6 Å². The van der Waals surface area contributed by atoms with E-state index in [0.29, 0.717) is 13.2 Å². The number of hydrogen-bond donors (Lipinski definition) is 2. The quantitative estimate of drug-likeness (QED) is 0.844. The van der Waals surface area contributed by atoms with Crippen molar-refractivity contribution >= 4 is 5.91 Å². The number of carbonyl (C=O) groups is 1. The molecule has 1 heterocycles. The van der Waals surface area contributed by atoms with Crippen LogP contribution in [-0.2, 0) is 22.7 Å². The van der Waals surface area contributed by atoms with Crippen LogP contribution in [0.2, 0.25) is 0 Å². The molecule has 0 aliphatic carbocycles. The summed E-state index contributed by atoms with van der Waals surface area (Å²) >= 11 is 0. The van der Waals surface area contributed by atoms with Gasteiger partial charge in [-0.15, -0.1) is 0 Å². The molecule has 0 radical (unpaired) electrons. The largest absolute Gasteiger partial charge is 0.380 e. The van der Waals surface area contributed by atoms with Crippen molar-refractivity contribution in [3.8, 4) is 0 Å². The van der Waals surface area contributed by atoms with E-state index in [1.165, 1.54) is 0 Å². The summed E-state index contributed by atoms with van der Waals surface area (Å²) in [5.74, 6) is 0.266. The number of rotatable bonds is 5. The van der Waals surface area contributed by atoms with Crippen LogP contribution in [0.15, 0.2) is 24.3 Å². The molecule has 1 saturated heterocycles. The molecule has 1 aliphatic heterocycles. The van der Waals surface area contributed by atoms with Crippen molar-refractivity contribution in [3.63, 3.8) is 0 Å². The zero-order valence-electron chi connectivity index (χ0n) is 11.4. The second-order valence-electron chi connectivity index (χ2n) is 4.96. The Morgan fingerprint density at radius 3 is 2.89 bits per heavy atom. The van der Waals surface area contributed by atoms with E-state index in [9.17, 15) is 4.79 Å². The number of methoxy groups -OCH3 is 1. The molecule has 0 bridgehead atoms. The molecule has 104 valence electrons. The van der Waals surface area contributed by atoms with Crippen molar-refractivity contribution in [2.24, 2.45) is 5.92 Å². The van der Waals surface area contributed by atoms with E-state index in [-0.39, 0.29) is 11.8 Å². The van der Waals surface area contributed by atoms with Gasteiger partial charge in [-0.2, -0.15) is 0 Å². The number of nitrogens with one attached hydrogen (secondary N) is 2. The van der Waals surface area contributed by atoms with Crippen molar-refractivity contribution in [2.45, 2.75) is 26.0 Å². The molecule has 19 heavy (non-hydrogen) atoms. The van der Waals surface area contributed by atoms with Crippen LogP contribution < -0.4 is 10.6 Å². The highest BCUT2D eigenvalue weighted by Gasteiger charge is 2.20. The first-order valence-corrected chi connectivity index (χ1v) is 6.85. The lowest BCUT2D eigenvalue weighted by molar-refractivity contribution is -0.125. The van der Waals surface area contributed by atoms with Gasteiger partial charge in [0, 0.05) is 20.2 Å². The molecule has 1 atom stereocenters. The first kappa shape index (κ1) is 14.0. The molecule has 0 aromatic heterocycles. The van der Waals surface area contributed by atoms with Crippen LogP contribution >= 0.6 is 0 Å². The molecular weight excluding hydrogens is 240 g/mol. The molecule has 4 heteroatoms. The first-order valence-electron chi connectivity index (χ1n) is 6.85. The number of ether oxygens (including phenoxy) is 1. The highest BCUT2D eigenvalue weighted by molar-refractivity contribution is 5.79. The Labute approximate surface area is 114 Å². The highest BCUT2D eigenvalue weighted by Crippen LogP contribution is 2.12. The van der Waals surface area contributed by atoms with Gasteiger partial charge in [0.2, 0.25) is 5.91 Å². The fraction of sp³-hybridized carbons (Fsp3) is 0.533. The van der Waals surface area contributed by atoms with Gasteiger partial charge in [0.25, 0.3) is 0 Å². The average Bonchev–Trinajstić information content (AvgIpc) is 2.47. The minimum atomic E-state index is 0.114. The maximum atomic E-state index is 12.1. The molecule has 1 unspecified atom stereocenters. The highest BCUT2D eigenvalue weighted by atomic mass is 16.5. The first-order chi connectivity index (χ1) is 9.31. The molecule has 1 aromatic rings. The van der Waals surface area contributed by atoms with Crippen LogP contribution in [0.4, 0.5) is 0 Å². The maximum absolute atomic E-state index is 12.1. The van der Waals surface area contributed by atoms with Crippen LogP contribution in [0.3, 0.4) is 0 Å². The van der Waals surface area contributed by atoms with Crippen molar-refractivity contribution in [1.82, 2.24) is 10.6 Å². The monoisotopic (exact) mass is 262 g/mol. The third-order valence-electron chi connectivity index (χ3n) is 3.54. The third-order valence-corrected chi connectivity index (χ3v) is 3.54. The summed E-state index contributed by atoms with van der Waals surface area (Å²) in [6.45, 7) is 2.98. The van der Waals surface area contributed by atoms with Gasteiger partial charge in [0.1, 0.15) is 0 Å². The maximum Gasteiger partial charge on any atom is 0.224 e. The normalized spacial score (nSPS) is 19.1. The predicted octanol–water partition coefficient (Wildman–Crippen LogP) is 1.45. The summed E-state index contributed by atoms with van der Waals surface area (Å²) in [4.78, 5) is 12.1. The number of benzene rings is 1. The molecule has 1 aromatic carbocycles. The van der Waals surface area contributed by atoms with Crippen LogP contribution in [0.25, 0.3) is 0 Å². The van der Waals surface area contributed by atoms with Crippen molar-refractivity contribution < 1.29 is 9.53 Å². The summed E-state index contributed by atoms with van der Waals surface area (Å²) in [6, 6.07) is 8.05. The van der Waals surface area contributed by atoms with Gasteiger partial charge in [-0.1, -0.05) is 24.3 Å². The summed E-state index contributed by atoms with van der Waals surface area (Å²) in [7, 11) is 1.68. The SMILES string of the molecule is COCc1ccccc1CNC(=O)C1CCCNC1. The topological polar surface area (TPSA) is 50.4 Å². The van der Waals surface area contributed by atoms with E-state index in [0.717, 1.165) is 37.1 Å². The van der Waals surface area contributed by atoms with Gasteiger partial charge < -0.3 is 15.4 Å². The van der Waals surface area contributed by atoms with Crippen LogP contribution in [0, 0.1) is 5.92 Å². The van der Waals surface area contributed by atoms with E-state index in [1.54, 1.807) is 7.11 Å². The molecule has 1 fully saturated rings. The number of piperidine rings is 1. The Bertz CT molecular complexity index is 414. The Hall–Kier alpha value is -1.39. The zero-order valence-corrected chi connectivity index (χ0v) is 11.4. The van der Waals surface area contributed by atoms with Gasteiger partial charge in [-0.25, -0.2) is 0 Å². The third kappa shape index (κ3) is 4.04. The predicted molar refractivity (Wildman–Crippen MR) is 74.6 cm³/mol. The summed E-state index contributed by atoms with van der Waals surface area (Å²) < 4.78 is 5.17. The molecule has 1 aliphatic rings. The minimum absolute atomic E-state index is 0.114. The summed E-state index contributed by atoms with van der Waals surface area (Å²) in [5.41, 5.74) is 2.26. The lowest BCUT2D eigenvalue weighted by atomic mass is 9.98. The second kappa shape index (κ2) is 7.26. The van der Waals surface area contributed by atoms with Crippen molar-refractivity contribution in [3.05, 3.63) is 35.4 Å². The Kier molecular flexibility index (Phi) is 5.36. The zero-order chi connectivity index (χ0) is 13.5. The molecular formula is C15H22N2O2. The number of carbonyl (C=O) groups excluding carboxylic acids is 1. The van der Waals surface area contributed by atoms with E-state index < -0.39 is 0 Å². The summed E-state index contributed by atoms with van der Waals surface area (Å²) in [5, 5.41) is 6.30. The van der Waals surface area contributed by atoms with E-state index >= 15 is 0 Å². The number of hydrogen-bond acceptors (Lipinski definition) is 3. The molecule has 2 rings (SSSR count). The van der Waals surface area contributed by atoms with Crippen LogP contribution in [-0.4, -0.2) is 26.1 Å². The van der Waals surface area contributed by atoms with Gasteiger partial charge in [0.05, 0.1) is 12.5 Å². The van der Waals surface area contributed by atoms with Gasteiger partial charge >= 0.3 is 0 Å². The lowest BCUT2D eigenvalue weighted by Crippen LogP contribution is -2.40. The molecule has 0 saturated carbocycles. The molecule has 0 spiro atoms. The molecule has 4 nitrogen and oxygen atoms in total. The van der Waals surface area contributed by atoms with Crippen molar-refractivity contribution in [1.29, 1.82) is 0 Å². The van der Waals surface area contributed by atoms with E-state index in [1.807, 2.05) is 24.3 Å². The van der Waals surface area contributed by atoms with Crippen LogP contribution in [0.5, 0.6) is 0 Å². The Morgan fingerprint density at radius 2 is 2.21 bits per heavy atom. The minimum Gasteiger partial charge on any atom is -0.380 e. The Morgan fingerprint density at radius 1 is 1.42 bits per heavy atom. The number of amides is 1. The fourth-order valence-corrected chi connectivity index (χ4v) is 2.43. The molecule has 1 amide bonds. The smallest absolute Gasteiger partial charge is 0.224 e. The van der Waals surface area contributed by atoms with Gasteiger partial charge in [0.15, 0.2) is 0 Å². The summed E-state index contributed by atoms with van der Waals surface area (Å²) in [6.07, 6.45) is 2.07. The lowest BCUT2D eigenvalue weighted by Gasteiger charge is -2.22. The van der Waals surface area contributed by atoms with E-state index in [4.69, 9.17) is 4.74 Å². The fourth-order valence-electron chi connectivity index (χ4n) is 2.43. The second-order valence-corrected chi connectivity index (χ2v) is 4.96. The average molecular weight is 262 g/mol. The Balaban J connectivity index is 1.89. The van der Waals surface area contributed by atoms with Crippen LogP contribution in [0.1, 0.15) is 24.0 Å².